The van der Waals surface area contributed by atoms with Gasteiger partial charge in [0.15, 0.2) is 0 Å². The Morgan fingerprint density at radius 2 is 1.88 bits per heavy atom. The number of ether oxygens (including phenoxy) is 1. The molecule has 1 unspecified atom stereocenters. The number of primary amides is 1. The lowest BCUT2D eigenvalue weighted by atomic mass is 9.92. The Morgan fingerprint density at radius 1 is 1.05 bits per heavy atom. The van der Waals surface area contributed by atoms with Crippen molar-refractivity contribution in [2.75, 3.05) is 18.1 Å². The summed E-state index contributed by atoms with van der Waals surface area (Å²) in [5, 5.41) is 20.7. The summed E-state index contributed by atoms with van der Waals surface area (Å²) in [5.74, 6) is 0.104. The Kier molecular flexibility index (Phi) is 6.73. The summed E-state index contributed by atoms with van der Waals surface area (Å²) >= 11 is 0. The number of nitrogens with one attached hydrogen (secondary N) is 1. The molecule has 1 aliphatic heterocycles. The lowest BCUT2D eigenvalue weighted by Gasteiger charge is -2.21. The standard InChI is InChI=1S/C33H31N3O5/c1-18-6-7-21-15-36(33(40)27(21)12-18)29-5-3-4-24(19(29)2)25-10-8-20(13-30(34)39)32-31(25)26-11-9-23(14-28(26)35-32)41-17-22(38)16-37/h3-12,14,22,35,37-38H,13,15-17H2,1-2H3,(H2,34,39). The zero-order valence-electron chi connectivity index (χ0n) is 22.9. The minimum absolute atomic E-state index is 0.00292. The average Bonchev–Trinajstić information content (AvgIpc) is 3.50. The number of nitrogens with two attached hydrogens (primary N) is 1. The molecule has 5 N–H and O–H groups in total. The van der Waals surface area contributed by atoms with E-state index in [1.54, 1.807) is 0 Å². The van der Waals surface area contributed by atoms with E-state index in [0.29, 0.717) is 12.3 Å². The van der Waals surface area contributed by atoms with Crippen molar-refractivity contribution in [2.24, 2.45) is 5.73 Å². The first-order chi connectivity index (χ1) is 19.7. The number of hydrogen-bond donors (Lipinski definition) is 4. The van der Waals surface area contributed by atoms with Gasteiger partial charge in [-0.15, -0.1) is 0 Å². The van der Waals surface area contributed by atoms with Crippen LogP contribution in [0.15, 0.2) is 66.7 Å². The first-order valence-corrected chi connectivity index (χ1v) is 13.5. The maximum absolute atomic E-state index is 13.4. The Balaban J connectivity index is 1.48. The van der Waals surface area contributed by atoms with Crippen LogP contribution in [0.2, 0.25) is 0 Å². The summed E-state index contributed by atoms with van der Waals surface area (Å²) in [5.41, 5.74) is 14.5. The van der Waals surface area contributed by atoms with Crippen LogP contribution in [0, 0.1) is 13.8 Å². The zero-order valence-corrected chi connectivity index (χ0v) is 22.9. The van der Waals surface area contributed by atoms with Crippen LogP contribution in [0.5, 0.6) is 5.75 Å². The van der Waals surface area contributed by atoms with E-state index in [9.17, 15) is 14.7 Å². The number of hydrogen-bond acceptors (Lipinski definition) is 5. The predicted molar refractivity (Wildman–Crippen MR) is 159 cm³/mol. The first-order valence-electron chi connectivity index (χ1n) is 13.5. The highest BCUT2D eigenvalue weighted by Crippen LogP contribution is 2.41. The van der Waals surface area contributed by atoms with E-state index >= 15 is 0 Å². The second-order valence-electron chi connectivity index (χ2n) is 10.6. The third kappa shape index (κ3) is 4.71. The van der Waals surface area contributed by atoms with Crippen LogP contribution in [0.3, 0.4) is 0 Å². The molecule has 8 nitrogen and oxygen atoms in total. The summed E-state index contributed by atoms with van der Waals surface area (Å²) in [6.45, 7) is 4.12. The lowest BCUT2D eigenvalue weighted by Crippen LogP contribution is -2.24. The van der Waals surface area contributed by atoms with E-state index in [1.807, 2.05) is 85.5 Å². The number of anilines is 1. The van der Waals surface area contributed by atoms with Gasteiger partial charge in [-0.1, -0.05) is 42.0 Å². The maximum Gasteiger partial charge on any atom is 0.258 e. The molecule has 0 spiro atoms. The molecule has 0 aliphatic carbocycles. The van der Waals surface area contributed by atoms with Gasteiger partial charge in [-0.3, -0.25) is 9.59 Å². The van der Waals surface area contributed by atoms with Crippen molar-refractivity contribution in [1.29, 1.82) is 0 Å². The molecule has 0 saturated carbocycles. The molecule has 5 aromatic rings. The monoisotopic (exact) mass is 549 g/mol. The third-order valence-corrected chi connectivity index (χ3v) is 7.79. The van der Waals surface area contributed by atoms with Crippen molar-refractivity contribution >= 4 is 39.3 Å². The summed E-state index contributed by atoms with van der Waals surface area (Å²) in [6, 6.07) is 21.5. The molecule has 1 aromatic heterocycles. The van der Waals surface area contributed by atoms with Crippen molar-refractivity contribution < 1.29 is 24.5 Å². The molecular weight excluding hydrogens is 518 g/mol. The molecule has 0 radical (unpaired) electrons. The smallest absolute Gasteiger partial charge is 0.258 e. The number of aliphatic hydroxyl groups excluding tert-OH is 2. The number of fused-ring (bicyclic) bond motifs is 4. The Hall–Kier alpha value is -4.66. The second kappa shape index (κ2) is 10.4. The molecule has 1 aliphatic rings. The highest BCUT2D eigenvalue weighted by Gasteiger charge is 2.30. The summed E-state index contributed by atoms with van der Waals surface area (Å²) in [7, 11) is 0. The first kappa shape index (κ1) is 26.6. The van der Waals surface area contributed by atoms with Gasteiger partial charge in [0.05, 0.1) is 30.6 Å². The number of aromatic amines is 1. The van der Waals surface area contributed by atoms with Crippen LogP contribution in [0.4, 0.5) is 5.69 Å². The zero-order chi connectivity index (χ0) is 28.8. The normalized spacial score (nSPS) is 13.7. The van der Waals surface area contributed by atoms with Crippen molar-refractivity contribution in [3.05, 3.63) is 94.5 Å². The summed E-state index contributed by atoms with van der Waals surface area (Å²) in [4.78, 5) is 30.6. The molecule has 6 rings (SSSR count). The highest BCUT2D eigenvalue weighted by atomic mass is 16.5. The minimum Gasteiger partial charge on any atom is -0.491 e. The highest BCUT2D eigenvalue weighted by molar-refractivity contribution is 6.16. The molecule has 1 atom stereocenters. The lowest BCUT2D eigenvalue weighted by molar-refractivity contribution is -0.117. The molecule has 2 heterocycles. The fourth-order valence-corrected chi connectivity index (χ4v) is 5.76. The largest absolute Gasteiger partial charge is 0.491 e. The van der Waals surface area contributed by atoms with Gasteiger partial charge >= 0.3 is 0 Å². The van der Waals surface area contributed by atoms with Gasteiger partial charge in [0.25, 0.3) is 5.91 Å². The molecule has 8 heteroatoms. The number of aliphatic hydroxyl groups is 2. The number of benzene rings is 4. The van der Waals surface area contributed by atoms with Gasteiger partial charge in [0, 0.05) is 28.1 Å². The van der Waals surface area contributed by atoms with Crippen LogP contribution < -0.4 is 15.4 Å². The van der Waals surface area contributed by atoms with Crippen LogP contribution >= 0.6 is 0 Å². The van der Waals surface area contributed by atoms with E-state index in [0.717, 1.165) is 66.4 Å². The molecule has 208 valence electrons. The van der Waals surface area contributed by atoms with E-state index in [1.165, 1.54) is 0 Å². The van der Waals surface area contributed by atoms with E-state index < -0.39 is 12.0 Å². The van der Waals surface area contributed by atoms with Crippen LogP contribution in [0.1, 0.15) is 32.6 Å². The molecule has 0 saturated heterocycles. The van der Waals surface area contributed by atoms with Gasteiger partial charge < -0.3 is 30.6 Å². The number of carbonyl (C=O) groups is 2. The fourth-order valence-electron chi connectivity index (χ4n) is 5.76. The number of carbonyl (C=O) groups excluding carboxylic acids is 2. The van der Waals surface area contributed by atoms with Crippen LogP contribution in [-0.4, -0.2) is 46.3 Å². The van der Waals surface area contributed by atoms with E-state index in [2.05, 4.69) is 4.98 Å². The van der Waals surface area contributed by atoms with Gasteiger partial charge in [-0.05, 0) is 65.9 Å². The van der Waals surface area contributed by atoms with Crippen LogP contribution in [0.25, 0.3) is 32.9 Å². The minimum atomic E-state index is -0.975. The van der Waals surface area contributed by atoms with Gasteiger partial charge in [-0.25, -0.2) is 0 Å². The molecule has 0 bridgehead atoms. The molecular formula is C33H31N3O5. The number of aromatic nitrogens is 1. The number of amides is 2. The molecule has 4 aromatic carbocycles. The van der Waals surface area contributed by atoms with Crippen molar-refractivity contribution in [3.63, 3.8) is 0 Å². The molecule has 0 fully saturated rings. The SMILES string of the molecule is Cc1ccc2c(c1)C(=O)N(c1cccc(-c3ccc(CC(N)=O)c4[nH]c5cc(OCC(O)CO)ccc5c34)c1C)C2. The topological polar surface area (TPSA) is 129 Å². The number of aryl methyl sites for hydroxylation is 1. The van der Waals surface area contributed by atoms with Crippen molar-refractivity contribution in [1.82, 2.24) is 4.98 Å². The van der Waals surface area contributed by atoms with Gasteiger partial charge in [0.1, 0.15) is 18.5 Å². The third-order valence-electron chi connectivity index (χ3n) is 7.79. The quantitative estimate of drug-likeness (QED) is 0.226. The summed E-state index contributed by atoms with van der Waals surface area (Å²) < 4.78 is 5.67. The van der Waals surface area contributed by atoms with Crippen molar-refractivity contribution in [2.45, 2.75) is 32.9 Å². The number of H-pyrrole nitrogens is 1. The van der Waals surface area contributed by atoms with E-state index in [4.69, 9.17) is 15.6 Å². The van der Waals surface area contributed by atoms with E-state index in [-0.39, 0.29) is 25.5 Å². The average molecular weight is 550 g/mol. The fraction of sp³-hybridized carbons (Fsp3) is 0.212. The van der Waals surface area contributed by atoms with Gasteiger partial charge in [0.2, 0.25) is 5.91 Å². The molecule has 41 heavy (non-hydrogen) atoms. The Labute approximate surface area is 237 Å². The number of nitrogens with zero attached hydrogens (tertiary/aromatic N) is 1. The van der Waals surface area contributed by atoms with Gasteiger partial charge in [-0.2, -0.15) is 0 Å². The Morgan fingerprint density at radius 3 is 2.66 bits per heavy atom. The summed E-state index contributed by atoms with van der Waals surface area (Å²) in [6.07, 6.45) is -0.897. The Bertz CT molecular complexity index is 1840. The maximum atomic E-state index is 13.4. The second-order valence-corrected chi connectivity index (χ2v) is 10.6. The molecule has 2 amide bonds. The predicted octanol–water partition coefficient (Wildman–Crippen LogP) is 4.53. The van der Waals surface area contributed by atoms with Crippen molar-refractivity contribution in [3.8, 4) is 16.9 Å². The van der Waals surface area contributed by atoms with Crippen LogP contribution in [-0.2, 0) is 17.8 Å². The number of rotatable bonds is 8.